The second kappa shape index (κ2) is 3.80. The number of hydrogen-bond donors (Lipinski definition) is 1. The van der Waals surface area contributed by atoms with E-state index in [4.69, 9.17) is 5.73 Å². The van der Waals surface area contributed by atoms with Gasteiger partial charge in [-0.05, 0) is 13.0 Å². The number of nitrogens with zero attached hydrogens (tertiary/aromatic N) is 4. The lowest BCUT2D eigenvalue weighted by atomic mass is 10.1. The zero-order chi connectivity index (χ0) is 12.7. The minimum absolute atomic E-state index is 0.672. The van der Waals surface area contributed by atoms with E-state index < -0.39 is 0 Å². The van der Waals surface area contributed by atoms with Gasteiger partial charge in [0.1, 0.15) is 5.82 Å². The second-order valence-corrected chi connectivity index (χ2v) is 4.21. The minimum Gasteiger partial charge on any atom is -0.384 e. The third-order valence-corrected chi connectivity index (χ3v) is 3.09. The Morgan fingerprint density at radius 1 is 1.17 bits per heavy atom. The smallest absolute Gasteiger partial charge is 0.124 e. The molecule has 0 saturated heterocycles. The Morgan fingerprint density at radius 2 is 1.94 bits per heavy atom. The van der Waals surface area contributed by atoms with Crippen molar-refractivity contribution in [2.45, 2.75) is 6.92 Å². The molecule has 0 aliphatic rings. The largest absolute Gasteiger partial charge is 0.384 e. The van der Waals surface area contributed by atoms with Gasteiger partial charge in [-0.25, -0.2) is 0 Å². The van der Waals surface area contributed by atoms with E-state index >= 15 is 0 Å². The van der Waals surface area contributed by atoms with Crippen LogP contribution in [0.15, 0.2) is 30.6 Å². The molecule has 0 aliphatic heterocycles. The molecule has 18 heavy (non-hydrogen) atoms. The molecule has 0 saturated carbocycles. The highest BCUT2D eigenvalue weighted by atomic mass is 15.3. The van der Waals surface area contributed by atoms with E-state index in [-0.39, 0.29) is 0 Å². The molecule has 0 fully saturated rings. The van der Waals surface area contributed by atoms with E-state index in [1.165, 1.54) is 0 Å². The molecule has 3 aromatic rings. The van der Waals surface area contributed by atoms with Gasteiger partial charge >= 0.3 is 0 Å². The number of para-hydroxylation sites is 1. The number of aromatic nitrogens is 4. The number of anilines is 1. The van der Waals surface area contributed by atoms with Gasteiger partial charge in [0.2, 0.25) is 0 Å². The van der Waals surface area contributed by atoms with Crippen molar-refractivity contribution in [3.63, 3.8) is 0 Å². The van der Waals surface area contributed by atoms with Crippen LogP contribution in [0.4, 0.5) is 5.82 Å². The molecule has 1 aromatic carbocycles. The third kappa shape index (κ3) is 1.44. The fourth-order valence-corrected chi connectivity index (χ4v) is 2.08. The van der Waals surface area contributed by atoms with Crippen LogP contribution in [0, 0.1) is 6.92 Å². The topological polar surface area (TPSA) is 69.6 Å². The molecule has 5 nitrogen and oxygen atoms in total. The normalized spacial score (nSPS) is 11.0. The molecule has 0 radical (unpaired) electrons. The summed E-state index contributed by atoms with van der Waals surface area (Å²) >= 11 is 0. The van der Waals surface area contributed by atoms with E-state index in [0.29, 0.717) is 5.82 Å². The number of nitrogens with two attached hydrogens (primary N) is 1. The number of aryl methyl sites for hydroxylation is 1. The summed E-state index contributed by atoms with van der Waals surface area (Å²) in [5, 5.41) is 4.45. The van der Waals surface area contributed by atoms with Crippen molar-refractivity contribution >= 4 is 16.9 Å². The lowest BCUT2D eigenvalue weighted by Crippen LogP contribution is -1.97. The molecule has 2 heterocycles. The molecule has 2 aromatic heterocycles. The first-order valence-electron chi connectivity index (χ1n) is 5.67. The molecule has 0 bridgehead atoms. The summed E-state index contributed by atoms with van der Waals surface area (Å²) < 4.78 is 1.68. The Hall–Kier alpha value is -2.43. The summed E-state index contributed by atoms with van der Waals surface area (Å²) in [5.41, 5.74) is 10.5. The number of nitrogen functional groups attached to an aromatic ring is 1. The van der Waals surface area contributed by atoms with Gasteiger partial charge in [-0.2, -0.15) is 5.10 Å². The molecule has 0 spiro atoms. The van der Waals surface area contributed by atoms with Gasteiger partial charge in [0.25, 0.3) is 0 Å². The highest BCUT2D eigenvalue weighted by Gasteiger charge is 2.14. The molecule has 2 N–H and O–H groups in total. The van der Waals surface area contributed by atoms with E-state index in [2.05, 4.69) is 15.1 Å². The van der Waals surface area contributed by atoms with Crippen molar-refractivity contribution in [1.29, 1.82) is 0 Å². The van der Waals surface area contributed by atoms with Crippen molar-refractivity contribution < 1.29 is 0 Å². The maximum atomic E-state index is 5.95. The molecule has 5 heteroatoms. The van der Waals surface area contributed by atoms with Crippen LogP contribution in [0.5, 0.6) is 0 Å². The van der Waals surface area contributed by atoms with Crippen LogP contribution in [-0.4, -0.2) is 19.7 Å². The quantitative estimate of drug-likeness (QED) is 0.704. The van der Waals surface area contributed by atoms with Crippen LogP contribution in [0.1, 0.15) is 5.56 Å². The Balaban J connectivity index is 2.35. The predicted molar refractivity (Wildman–Crippen MR) is 70.9 cm³/mol. The maximum Gasteiger partial charge on any atom is 0.124 e. The van der Waals surface area contributed by atoms with E-state index in [0.717, 1.165) is 27.9 Å². The average Bonchev–Trinajstić information content (AvgIpc) is 2.66. The van der Waals surface area contributed by atoms with Crippen LogP contribution in [0.25, 0.3) is 22.3 Å². The first-order chi connectivity index (χ1) is 8.68. The Labute approximate surface area is 104 Å². The van der Waals surface area contributed by atoms with Gasteiger partial charge in [-0.15, -0.1) is 0 Å². The van der Waals surface area contributed by atoms with Crippen molar-refractivity contribution in [3.8, 4) is 11.3 Å². The van der Waals surface area contributed by atoms with Crippen molar-refractivity contribution in [1.82, 2.24) is 19.7 Å². The summed E-state index contributed by atoms with van der Waals surface area (Å²) in [6.45, 7) is 1.97. The van der Waals surface area contributed by atoms with Crippen molar-refractivity contribution in [2.75, 3.05) is 5.73 Å². The first-order valence-corrected chi connectivity index (χ1v) is 5.67. The van der Waals surface area contributed by atoms with E-state index in [1.807, 2.05) is 32.2 Å². The summed E-state index contributed by atoms with van der Waals surface area (Å²) in [6, 6.07) is 5.88. The summed E-state index contributed by atoms with van der Waals surface area (Å²) in [7, 11) is 1.84. The van der Waals surface area contributed by atoms with Crippen molar-refractivity contribution in [2.24, 2.45) is 7.05 Å². The average molecular weight is 239 g/mol. The molecular weight excluding hydrogens is 226 g/mol. The molecule has 0 atom stereocenters. The second-order valence-electron chi connectivity index (χ2n) is 4.21. The number of rotatable bonds is 1. The SMILES string of the molecule is Cc1c(-c2cccc3nccnc23)nn(C)c1N. The third-order valence-electron chi connectivity index (χ3n) is 3.09. The van der Waals surface area contributed by atoms with Gasteiger partial charge in [0.15, 0.2) is 0 Å². The zero-order valence-electron chi connectivity index (χ0n) is 10.3. The Morgan fingerprint density at radius 3 is 2.67 bits per heavy atom. The van der Waals surface area contributed by atoms with Gasteiger partial charge in [0.05, 0.1) is 16.7 Å². The zero-order valence-corrected chi connectivity index (χ0v) is 10.3. The number of hydrogen-bond acceptors (Lipinski definition) is 4. The molecule has 90 valence electrons. The van der Waals surface area contributed by atoms with E-state index in [9.17, 15) is 0 Å². The molecule has 3 rings (SSSR count). The number of fused-ring (bicyclic) bond motifs is 1. The fourth-order valence-electron chi connectivity index (χ4n) is 2.08. The highest BCUT2D eigenvalue weighted by Crippen LogP contribution is 2.29. The lowest BCUT2D eigenvalue weighted by molar-refractivity contribution is 0.782. The minimum atomic E-state index is 0.672. The van der Waals surface area contributed by atoms with Gasteiger partial charge in [0, 0.05) is 30.6 Å². The Bertz CT molecular complexity index is 724. The molecule has 0 unspecified atom stereocenters. The van der Waals surface area contributed by atoms with Crippen LogP contribution in [-0.2, 0) is 7.05 Å². The summed E-state index contributed by atoms with van der Waals surface area (Å²) in [4.78, 5) is 8.68. The summed E-state index contributed by atoms with van der Waals surface area (Å²) in [6.07, 6.45) is 3.37. The van der Waals surface area contributed by atoms with Crippen molar-refractivity contribution in [3.05, 3.63) is 36.2 Å². The first kappa shape index (κ1) is 10.7. The van der Waals surface area contributed by atoms with Crippen LogP contribution < -0.4 is 5.73 Å². The van der Waals surface area contributed by atoms with Gasteiger partial charge < -0.3 is 5.73 Å². The maximum absolute atomic E-state index is 5.95. The van der Waals surface area contributed by atoms with E-state index in [1.54, 1.807) is 17.1 Å². The summed E-state index contributed by atoms with van der Waals surface area (Å²) in [5.74, 6) is 0.672. The van der Waals surface area contributed by atoms with Gasteiger partial charge in [-0.1, -0.05) is 12.1 Å². The standard InChI is InChI=1S/C13H13N5/c1-8-11(17-18(2)13(8)14)9-4-3-5-10-12(9)16-7-6-15-10/h3-7H,14H2,1-2H3. The highest BCUT2D eigenvalue weighted by molar-refractivity contribution is 5.91. The molecular formula is C13H13N5. The molecule has 0 aliphatic carbocycles. The predicted octanol–water partition coefficient (Wildman–Crippen LogP) is 1.92. The van der Waals surface area contributed by atoms with Crippen LogP contribution >= 0.6 is 0 Å². The van der Waals surface area contributed by atoms with Crippen LogP contribution in [0.3, 0.4) is 0 Å². The van der Waals surface area contributed by atoms with Crippen LogP contribution in [0.2, 0.25) is 0 Å². The lowest BCUT2D eigenvalue weighted by Gasteiger charge is -2.02. The molecule has 0 amide bonds. The van der Waals surface area contributed by atoms with Gasteiger partial charge in [-0.3, -0.25) is 14.6 Å². The Kier molecular flexibility index (Phi) is 2.26. The monoisotopic (exact) mass is 239 g/mol. The number of benzene rings is 1. The fraction of sp³-hybridized carbons (Fsp3) is 0.154.